The predicted octanol–water partition coefficient (Wildman–Crippen LogP) is 0.0274. The molecule has 19 heavy (non-hydrogen) atoms. The van der Waals surface area contributed by atoms with Gasteiger partial charge in [-0.15, -0.1) is 0 Å². The summed E-state index contributed by atoms with van der Waals surface area (Å²) in [4.78, 5) is 2.24. The van der Waals surface area contributed by atoms with Gasteiger partial charge in [0.15, 0.2) is 0 Å². The number of nitrogens with one attached hydrogen (secondary N) is 1. The standard InChI is InChI=1S/C12H25N3O3S/c1-12(11-14-7-9-18-10-8-14)13-19(16,17)15-5-3-2-4-6-15/h12-13H,2-11H2,1H3. The van der Waals surface area contributed by atoms with Crippen molar-refractivity contribution in [3.63, 3.8) is 0 Å². The van der Waals surface area contributed by atoms with Crippen molar-refractivity contribution in [2.24, 2.45) is 0 Å². The smallest absolute Gasteiger partial charge is 0.279 e. The third-order valence-electron chi connectivity index (χ3n) is 3.64. The van der Waals surface area contributed by atoms with Crippen molar-refractivity contribution in [1.29, 1.82) is 0 Å². The van der Waals surface area contributed by atoms with Gasteiger partial charge in [0.25, 0.3) is 10.2 Å². The van der Waals surface area contributed by atoms with E-state index in [1.54, 1.807) is 4.31 Å². The van der Waals surface area contributed by atoms with E-state index in [-0.39, 0.29) is 6.04 Å². The van der Waals surface area contributed by atoms with Crippen molar-refractivity contribution in [3.05, 3.63) is 0 Å². The van der Waals surface area contributed by atoms with E-state index in [0.717, 1.165) is 52.1 Å². The fraction of sp³-hybridized carbons (Fsp3) is 1.00. The minimum absolute atomic E-state index is 0.0648. The van der Waals surface area contributed by atoms with Gasteiger partial charge in [0.1, 0.15) is 0 Å². The molecule has 1 N–H and O–H groups in total. The Balaban J connectivity index is 1.80. The Kier molecular flexibility index (Phi) is 5.58. The minimum Gasteiger partial charge on any atom is -0.379 e. The average Bonchev–Trinajstić information content (AvgIpc) is 2.40. The summed E-state index contributed by atoms with van der Waals surface area (Å²) in [5.41, 5.74) is 0. The van der Waals surface area contributed by atoms with E-state index in [1.165, 1.54) is 0 Å². The molecule has 0 aliphatic carbocycles. The normalized spacial score (nSPS) is 25.3. The van der Waals surface area contributed by atoms with E-state index in [2.05, 4.69) is 9.62 Å². The molecule has 0 aromatic rings. The molecule has 0 spiro atoms. The summed E-state index contributed by atoms with van der Waals surface area (Å²) >= 11 is 0. The second kappa shape index (κ2) is 6.99. The molecule has 6 nitrogen and oxygen atoms in total. The molecule has 7 heteroatoms. The lowest BCUT2D eigenvalue weighted by Crippen LogP contribution is -2.50. The van der Waals surface area contributed by atoms with E-state index in [1.807, 2.05) is 6.92 Å². The maximum atomic E-state index is 12.2. The zero-order valence-corrected chi connectivity index (χ0v) is 12.5. The molecule has 0 bridgehead atoms. The molecule has 0 aromatic carbocycles. The van der Waals surface area contributed by atoms with E-state index in [9.17, 15) is 8.42 Å². The predicted molar refractivity (Wildman–Crippen MR) is 74.2 cm³/mol. The van der Waals surface area contributed by atoms with Gasteiger partial charge < -0.3 is 4.74 Å². The van der Waals surface area contributed by atoms with Crippen LogP contribution in [0, 0.1) is 0 Å². The number of nitrogens with zero attached hydrogens (tertiary/aromatic N) is 2. The molecule has 112 valence electrons. The number of hydrogen-bond donors (Lipinski definition) is 1. The number of ether oxygens (including phenoxy) is 1. The molecule has 0 radical (unpaired) electrons. The van der Waals surface area contributed by atoms with E-state index in [4.69, 9.17) is 4.74 Å². The maximum Gasteiger partial charge on any atom is 0.279 e. The molecule has 1 atom stereocenters. The molecule has 2 aliphatic rings. The maximum absolute atomic E-state index is 12.2. The van der Waals surface area contributed by atoms with Crippen LogP contribution in [-0.2, 0) is 14.9 Å². The first-order chi connectivity index (χ1) is 9.08. The van der Waals surface area contributed by atoms with E-state index >= 15 is 0 Å². The lowest BCUT2D eigenvalue weighted by Gasteiger charge is -2.31. The molecule has 2 saturated heterocycles. The van der Waals surface area contributed by atoms with Crippen LogP contribution >= 0.6 is 0 Å². The Morgan fingerprint density at radius 1 is 1.11 bits per heavy atom. The summed E-state index contributed by atoms with van der Waals surface area (Å²) in [7, 11) is -3.31. The van der Waals surface area contributed by atoms with Gasteiger partial charge in [-0.2, -0.15) is 17.4 Å². The Morgan fingerprint density at radius 3 is 2.37 bits per heavy atom. The molecule has 2 rings (SSSR count). The van der Waals surface area contributed by atoms with Gasteiger partial charge in [-0.25, -0.2) is 0 Å². The van der Waals surface area contributed by atoms with Crippen LogP contribution < -0.4 is 4.72 Å². The van der Waals surface area contributed by atoms with Crippen molar-refractivity contribution < 1.29 is 13.2 Å². The summed E-state index contributed by atoms with van der Waals surface area (Å²) < 4.78 is 34.1. The van der Waals surface area contributed by atoms with Gasteiger partial charge in [0, 0.05) is 38.8 Å². The zero-order valence-electron chi connectivity index (χ0n) is 11.7. The van der Waals surface area contributed by atoms with Crippen LogP contribution in [0.4, 0.5) is 0 Å². The summed E-state index contributed by atoms with van der Waals surface area (Å²) in [5, 5.41) is 0. The Bertz CT molecular complexity index is 362. The van der Waals surface area contributed by atoms with Crippen LogP contribution in [-0.4, -0.2) is 69.6 Å². The van der Waals surface area contributed by atoms with Gasteiger partial charge >= 0.3 is 0 Å². The molecule has 1 unspecified atom stereocenters. The second-order valence-corrected chi connectivity index (χ2v) is 7.10. The molecular formula is C12H25N3O3S. The van der Waals surface area contributed by atoms with Crippen molar-refractivity contribution in [1.82, 2.24) is 13.9 Å². The van der Waals surface area contributed by atoms with Crippen LogP contribution in [0.2, 0.25) is 0 Å². The summed E-state index contributed by atoms with van der Waals surface area (Å²) in [6.45, 7) is 7.23. The minimum atomic E-state index is -3.31. The Hall–Kier alpha value is -0.210. The van der Waals surface area contributed by atoms with Crippen LogP contribution in [0.5, 0.6) is 0 Å². The van der Waals surface area contributed by atoms with Crippen molar-refractivity contribution >= 4 is 10.2 Å². The fourth-order valence-corrected chi connectivity index (χ4v) is 4.11. The highest BCUT2D eigenvalue weighted by molar-refractivity contribution is 7.87. The van der Waals surface area contributed by atoms with Gasteiger partial charge in [-0.1, -0.05) is 6.42 Å². The molecule has 0 aromatic heterocycles. The highest BCUT2D eigenvalue weighted by Gasteiger charge is 2.26. The highest BCUT2D eigenvalue weighted by Crippen LogP contribution is 2.12. The lowest BCUT2D eigenvalue weighted by molar-refractivity contribution is 0.0353. The zero-order chi connectivity index (χ0) is 13.7. The van der Waals surface area contributed by atoms with Gasteiger partial charge in [-0.05, 0) is 19.8 Å². The highest BCUT2D eigenvalue weighted by atomic mass is 32.2. The van der Waals surface area contributed by atoms with E-state index < -0.39 is 10.2 Å². The average molecular weight is 291 g/mol. The lowest BCUT2D eigenvalue weighted by atomic mass is 10.2. The fourth-order valence-electron chi connectivity index (χ4n) is 2.64. The van der Waals surface area contributed by atoms with Crippen molar-refractivity contribution in [3.8, 4) is 0 Å². The SMILES string of the molecule is CC(CN1CCOCC1)NS(=O)(=O)N1CCCCC1. The molecule has 2 heterocycles. The Morgan fingerprint density at radius 2 is 1.74 bits per heavy atom. The molecular weight excluding hydrogens is 266 g/mol. The first-order valence-corrected chi connectivity index (χ1v) is 8.59. The Labute approximate surface area is 116 Å². The topological polar surface area (TPSA) is 61.9 Å². The van der Waals surface area contributed by atoms with Crippen LogP contribution in [0.15, 0.2) is 0 Å². The molecule has 0 saturated carbocycles. The number of hydrogen-bond acceptors (Lipinski definition) is 4. The first-order valence-electron chi connectivity index (χ1n) is 7.15. The number of rotatable bonds is 5. The summed E-state index contributed by atoms with van der Waals surface area (Å²) in [5.74, 6) is 0. The van der Waals surface area contributed by atoms with Crippen LogP contribution in [0.25, 0.3) is 0 Å². The number of piperidine rings is 1. The van der Waals surface area contributed by atoms with Crippen molar-refractivity contribution in [2.45, 2.75) is 32.2 Å². The van der Waals surface area contributed by atoms with Gasteiger partial charge in [0.05, 0.1) is 13.2 Å². The van der Waals surface area contributed by atoms with Gasteiger partial charge in [-0.3, -0.25) is 4.90 Å². The molecule has 0 amide bonds. The molecule has 2 fully saturated rings. The van der Waals surface area contributed by atoms with Crippen LogP contribution in [0.3, 0.4) is 0 Å². The third-order valence-corrected chi connectivity index (χ3v) is 5.39. The monoisotopic (exact) mass is 291 g/mol. The van der Waals surface area contributed by atoms with Crippen molar-refractivity contribution in [2.75, 3.05) is 45.9 Å². The van der Waals surface area contributed by atoms with Gasteiger partial charge in [0.2, 0.25) is 0 Å². The second-order valence-electron chi connectivity index (χ2n) is 5.40. The van der Waals surface area contributed by atoms with E-state index in [0.29, 0.717) is 13.1 Å². The quantitative estimate of drug-likeness (QED) is 0.776. The van der Waals surface area contributed by atoms with Crippen LogP contribution in [0.1, 0.15) is 26.2 Å². The molecule has 2 aliphatic heterocycles. The third kappa shape index (κ3) is 4.68. The largest absolute Gasteiger partial charge is 0.379 e. The number of morpholine rings is 1. The summed E-state index contributed by atoms with van der Waals surface area (Å²) in [6.07, 6.45) is 3.08. The summed E-state index contributed by atoms with van der Waals surface area (Å²) in [6, 6.07) is -0.0648. The first kappa shape index (κ1) is 15.2.